The Morgan fingerprint density at radius 1 is 1.19 bits per heavy atom. The third-order valence-electron chi connectivity index (χ3n) is 3.40. The summed E-state index contributed by atoms with van der Waals surface area (Å²) in [7, 11) is 1.94. The predicted octanol–water partition coefficient (Wildman–Crippen LogP) is 3.43. The maximum Gasteiger partial charge on any atom is 0.174 e. The SMILES string of the molecule is CNCc1c(OCc2cc(C)no2)ccc2ccccc12. The first-order valence-corrected chi connectivity index (χ1v) is 6.98. The lowest BCUT2D eigenvalue weighted by Gasteiger charge is -2.13. The Morgan fingerprint density at radius 2 is 2.05 bits per heavy atom. The van der Waals surface area contributed by atoms with Crippen LogP contribution in [0.1, 0.15) is 17.0 Å². The van der Waals surface area contributed by atoms with Crippen molar-refractivity contribution in [1.82, 2.24) is 10.5 Å². The minimum absolute atomic E-state index is 0.385. The average Bonchev–Trinajstić information content (AvgIpc) is 2.92. The van der Waals surface area contributed by atoms with Gasteiger partial charge in [0.05, 0.1) is 5.69 Å². The molecule has 108 valence electrons. The summed E-state index contributed by atoms with van der Waals surface area (Å²) in [6.07, 6.45) is 0. The third kappa shape index (κ3) is 2.90. The van der Waals surface area contributed by atoms with Gasteiger partial charge < -0.3 is 14.6 Å². The number of rotatable bonds is 5. The van der Waals surface area contributed by atoms with Crippen molar-refractivity contribution in [3.8, 4) is 5.75 Å². The van der Waals surface area contributed by atoms with E-state index in [1.54, 1.807) is 0 Å². The van der Waals surface area contributed by atoms with Crippen molar-refractivity contribution in [3.63, 3.8) is 0 Å². The molecule has 0 saturated heterocycles. The molecule has 1 aromatic heterocycles. The van der Waals surface area contributed by atoms with Gasteiger partial charge in [0.25, 0.3) is 0 Å². The summed E-state index contributed by atoms with van der Waals surface area (Å²) in [6.45, 7) is 3.04. The molecule has 1 heterocycles. The number of fused-ring (bicyclic) bond motifs is 1. The summed E-state index contributed by atoms with van der Waals surface area (Å²) in [5.41, 5.74) is 2.02. The lowest BCUT2D eigenvalue weighted by Crippen LogP contribution is -2.08. The Morgan fingerprint density at radius 3 is 2.81 bits per heavy atom. The minimum atomic E-state index is 0.385. The summed E-state index contributed by atoms with van der Waals surface area (Å²) < 4.78 is 11.1. The van der Waals surface area contributed by atoms with Gasteiger partial charge in [0.1, 0.15) is 12.4 Å². The van der Waals surface area contributed by atoms with Crippen LogP contribution in [0, 0.1) is 6.92 Å². The van der Waals surface area contributed by atoms with E-state index in [1.807, 2.05) is 38.2 Å². The molecule has 0 atom stereocenters. The smallest absolute Gasteiger partial charge is 0.174 e. The van der Waals surface area contributed by atoms with E-state index >= 15 is 0 Å². The molecule has 1 N–H and O–H groups in total. The maximum atomic E-state index is 5.92. The number of hydrogen-bond donors (Lipinski definition) is 1. The fourth-order valence-electron chi connectivity index (χ4n) is 2.44. The van der Waals surface area contributed by atoms with Crippen LogP contribution in [-0.2, 0) is 13.2 Å². The van der Waals surface area contributed by atoms with E-state index in [9.17, 15) is 0 Å². The highest BCUT2D eigenvalue weighted by Gasteiger charge is 2.09. The Bertz CT molecular complexity index is 749. The maximum absolute atomic E-state index is 5.92. The molecule has 2 aromatic carbocycles. The third-order valence-corrected chi connectivity index (χ3v) is 3.40. The van der Waals surface area contributed by atoms with E-state index in [1.165, 1.54) is 10.8 Å². The minimum Gasteiger partial charge on any atom is -0.485 e. The lowest BCUT2D eigenvalue weighted by molar-refractivity contribution is 0.247. The summed E-state index contributed by atoms with van der Waals surface area (Å²) in [5.74, 6) is 1.60. The van der Waals surface area contributed by atoms with Crippen molar-refractivity contribution in [1.29, 1.82) is 0 Å². The number of benzene rings is 2. The fourth-order valence-corrected chi connectivity index (χ4v) is 2.44. The lowest BCUT2D eigenvalue weighted by atomic mass is 10.0. The fraction of sp³-hybridized carbons (Fsp3) is 0.235. The van der Waals surface area contributed by atoms with Crippen LogP contribution in [0.4, 0.5) is 0 Å². The Balaban J connectivity index is 1.91. The summed E-state index contributed by atoms with van der Waals surface area (Å²) in [5, 5.41) is 9.49. The molecule has 0 saturated carbocycles. The first-order chi connectivity index (χ1) is 10.3. The Labute approximate surface area is 123 Å². The van der Waals surface area contributed by atoms with Crippen molar-refractivity contribution in [2.75, 3.05) is 7.05 Å². The molecule has 0 aliphatic carbocycles. The molecule has 0 amide bonds. The van der Waals surface area contributed by atoms with Gasteiger partial charge in [0, 0.05) is 18.2 Å². The van der Waals surface area contributed by atoms with Crippen LogP contribution in [-0.4, -0.2) is 12.2 Å². The van der Waals surface area contributed by atoms with Crippen LogP contribution in [0.2, 0.25) is 0 Å². The number of ether oxygens (including phenoxy) is 1. The molecule has 0 unspecified atom stereocenters. The second-order valence-electron chi connectivity index (χ2n) is 5.02. The van der Waals surface area contributed by atoms with E-state index in [0.717, 1.165) is 29.3 Å². The van der Waals surface area contributed by atoms with Crippen molar-refractivity contribution in [3.05, 3.63) is 59.5 Å². The van der Waals surface area contributed by atoms with Crippen LogP contribution in [0.15, 0.2) is 47.0 Å². The Kier molecular flexibility index (Phi) is 3.88. The summed E-state index contributed by atoms with van der Waals surface area (Å²) in [6, 6.07) is 14.3. The van der Waals surface area contributed by atoms with Crippen LogP contribution < -0.4 is 10.1 Å². The number of aromatic nitrogens is 1. The van der Waals surface area contributed by atoms with Crippen molar-refractivity contribution in [2.24, 2.45) is 0 Å². The van der Waals surface area contributed by atoms with Crippen molar-refractivity contribution < 1.29 is 9.26 Å². The van der Waals surface area contributed by atoms with Crippen LogP contribution in [0.3, 0.4) is 0 Å². The van der Waals surface area contributed by atoms with Gasteiger partial charge in [-0.2, -0.15) is 0 Å². The van der Waals surface area contributed by atoms with E-state index in [2.05, 4.69) is 28.7 Å². The average molecular weight is 282 g/mol. The molecule has 0 aliphatic rings. The standard InChI is InChI=1S/C17H18N2O2/c1-12-9-14(21-19-12)11-20-17-8-7-13-5-3-4-6-15(13)16(17)10-18-2/h3-9,18H,10-11H2,1-2H3. The van der Waals surface area contributed by atoms with Gasteiger partial charge in [0.15, 0.2) is 5.76 Å². The number of aryl methyl sites for hydroxylation is 1. The molecule has 0 fully saturated rings. The van der Waals surface area contributed by atoms with Crippen LogP contribution in [0.25, 0.3) is 10.8 Å². The van der Waals surface area contributed by atoms with Crippen LogP contribution >= 0.6 is 0 Å². The van der Waals surface area contributed by atoms with Crippen molar-refractivity contribution in [2.45, 2.75) is 20.1 Å². The second kappa shape index (κ2) is 5.97. The highest BCUT2D eigenvalue weighted by atomic mass is 16.5. The topological polar surface area (TPSA) is 47.3 Å². The van der Waals surface area contributed by atoms with Gasteiger partial charge in [-0.15, -0.1) is 0 Å². The molecule has 4 heteroatoms. The molecule has 21 heavy (non-hydrogen) atoms. The highest BCUT2D eigenvalue weighted by molar-refractivity contribution is 5.87. The van der Waals surface area contributed by atoms with E-state index in [0.29, 0.717) is 6.61 Å². The van der Waals surface area contributed by atoms with Gasteiger partial charge in [-0.1, -0.05) is 35.5 Å². The molecule has 0 bridgehead atoms. The quantitative estimate of drug-likeness (QED) is 0.778. The van der Waals surface area contributed by atoms with E-state index < -0.39 is 0 Å². The second-order valence-corrected chi connectivity index (χ2v) is 5.02. The number of nitrogens with one attached hydrogen (secondary N) is 1. The summed E-state index contributed by atoms with van der Waals surface area (Å²) >= 11 is 0. The molecule has 0 radical (unpaired) electrons. The molecule has 0 spiro atoms. The van der Waals surface area contributed by atoms with Gasteiger partial charge >= 0.3 is 0 Å². The molecular weight excluding hydrogens is 264 g/mol. The molecule has 0 aliphatic heterocycles. The van der Waals surface area contributed by atoms with Gasteiger partial charge in [-0.25, -0.2) is 0 Å². The molecular formula is C17H18N2O2. The largest absolute Gasteiger partial charge is 0.485 e. The zero-order valence-electron chi connectivity index (χ0n) is 12.2. The summed E-state index contributed by atoms with van der Waals surface area (Å²) in [4.78, 5) is 0. The highest BCUT2D eigenvalue weighted by Crippen LogP contribution is 2.28. The first kappa shape index (κ1) is 13.6. The monoisotopic (exact) mass is 282 g/mol. The molecule has 3 rings (SSSR count). The van der Waals surface area contributed by atoms with E-state index in [-0.39, 0.29) is 0 Å². The zero-order valence-corrected chi connectivity index (χ0v) is 12.2. The molecule has 3 aromatic rings. The zero-order chi connectivity index (χ0) is 14.7. The van der Waals surface area contributed by atoms with Crippen LogP contribution in [0.5, 0.6) is 5.75 Å². The predicted molar refractivity (Wildman–Crippen MR) is 82.3 cm³/mol. The first-order valence-electron chi connectivity index (χ1n) is 6.98. The van der Waals surface area contributed by atoms with E-state index in [4.69, 9.17) is 9.26 Å². The normalized spacial score (nSPS) is 11.0. The Hall–Kier alpha value is -2.33. The van der Waals surface area contributed by atoms with Gasteiger partial charge in [-0.3, -0.25) is 0 Å². The van der Waals surface area contributed by atoms with Crippen molar-refractivity contribution >= 4 is 10.8 Å². The van der Waals surface area contributed by atoms with Gasteiger partial charge in [0.2, 0.25) is 0 Å². The number of hydrogen-bond acceptors (Lipinski definition) is 4. The number of nitrogens with zero attached hydrogens (tertiary/aromatic N) is 1. The molecule has 4 nitrogen and oxygen atoms in total. The van der Waals surface area contributed by atoms with Gasteiger partial charge in [-0.05, 0) is 30.8 Å².